The van der Waals surface area contributed by atoms with Gasteiger partial charge in [-0.3, -0.25) is 9.69 Å². The average Bonchev–Trinajstić information content (AvgIpc) is 2.65. The summed E-state index contributed by atoms with van der Waals surface area (Å²) in [5.41, 5.74) is 1.98. The van der Waals surface area contributed by atoms with E-state index >= 15 is 0 Å². The Hall–Kier alpha value is -2.11. The number of hydrogen-bond donors (Lipinski definition) is 0. The molecule has 0 bridgehead atoms. The Morgan fingerprint density at radius 1 is 1.14 bits per heavy atom. The molecule has 0 N–H and O–H groups in total. The maximum absolute atomic E-state index is 13.1. The summed E-state index contributed by atoms with van der Waals surface area (Å²) in [5.74, 6) is 0.431. The van der Waals surface area contributed by atoms with E-state index in [1.54, 1.807) is 12.1 Å². The molecule has 1 aliphatic rings. The molecule has 0 aliphatic carbocycles. The number of benzene rings is 2. The highest BCUT2D eigenvalue weighted by atomic mass is 35.5. The Bertz CT molecular complexity index is 828. The summed E-state index contributed by atoms with van der Waals surface area (Å²) in [4.78, 5) is 16.9. The van der Waals surface area contributed by atoms with Crippen LogP contribution in [0.2, 0.25) is 5.02 Å². The van der Waals surface area contributed by atoms with Crippen molar-refractivity contribution in [1.29, 1.82) is 0 Å². The van der Waals surface area contributed by atoms with Crippen LogP contribution in [0.4, 0.5) is 4.39 Å². The van der Waals surface area contributed by atoms with Gasteiger partial charge in [0.1, 0.15) is 11.6 Å². The molecule has 0 saturated carbocycles. The Morgan fingerprint density at radius 2 is 1.86 bits per heavy atom. The summed E-state index contributed by atoms with van der Waals surface area (Å²) >= 11 is 5.96. The van der Waals surface area contributed by atoms with Crippen molar-refractivity contribution in [2.75, 3.05) is 19.7 Å². The van der Waals surface area contributed by atoms with Gasteiger partial charge in [-0.05, 0) is 62.2 Å². The van der Waals surface area contributed by atoms with Crippen LogP contribution >= 0.6 is 11.6 Å². The zero-order valence-corrected chi connectivity index (χ0v) is 17.2. The highest BCUT2D eigenvalue weighted by Gasteiger charge is 2.32. The molecule has 6 heteroatoms. The van der Waals surface area contributed by atoms with E-state index in [1.165, 1.54) is 12.1 Å². The minimum atomic E-state index is -0.225. The van der Waals surface area contributed by atoms with Crippen molar-refractivity contribution in [3.63, 3.8) is 0 Å². The predicted molar refractivity (Wildman–Crippen MR) is 109 cm³/mol. The second-order valence-corrected chi connectivity index (χ2v) is 7.93. The fourth-order valence-electron chi connectivity index (χ4n) is 3.59. The maximum atomic E-state index is 13.1. The second kappa shape index (κ2) is 8.93. The third-order valence-electron chi connectivity index (χ3n) is 5.22. The van der Waals surface area contributed by atoms with Crippen LogP contribution in [0.3, 0.4) is 0 Å². The highest BCUT2D eigenvalue weighted by molar-refractivity contribution is 6.30. The molecular weight excluding hydrogens is 379 g/mol. The van der Waals surface area contributed by atoms with Crippen molar-refractivity contribution in [3.05, 3.63) is 64.4 Å². The number of ether oxygens (including phenoxy) is 1. The molecular formula is C22H26ClFN2O2. The number of halogens is 2. The van der Waals surface area contributed by atoms with Gasteiger partial charge in [0.05, 0.1) is 0 Å². The molecule has 0 spiro atoms. The van der Waals surface area contributed by atoms with E-state index in [2.05, 4.69) is 18.7 Å². The third kappa shape index (κ3) is 5.03. The van der Waals surface area contributed by atoms with E-state index in [0.717, 1.165) is 24.2 Å². The van der Waals surface area contributed by atoms with Gasteiger partial charge in [-0.2, -0.15) is 0 Å². The number of nitrogens with zero attached hydrogens (tertiary/aromatic N) is 2. The smallest absolute Gasteiger partial charge is 0.260 e. The lowest BCUT2D eigenvalue weighted by Gasteiger charge is -2.44. The zero-order valence-electron chi connectivity index (χ0n) is 16.5. The fraction of sp³-hybridized carbons (Fsp3) is 0.409. The normalized spacial score (nSPS) is 20.2. The first kappa shape index (κ1) is 20.6. The van der Waals surface area contributed by atoms with E-state index in [-0.39, 0.29) is 30.4 Å². The van der Waals surface area contributed by atoms with Crippen LogP contribution in [0, 0.1) is 12.7 Å². The number of carbonyl (C=O) groups excluding carboxylic acids is 1. The SMILES string of the molecule is Cc1cc(Cl)ccc1OCC(=O)N1CC(C)N(Cc2ccc(F)cc2)CC1C. The van der Waals surface area contributed by atoms with Crippen molar-refractivity contribution in [2.24, 2.45) is 0 Å². The van der Waals surface area contributed by atoms with Crippen LogP contribution < -0.4 is 4.74 Å². The number of piperazine rings is 1. The van der Waals surface area contributed by atoms with Crippen molar-refractivity contribution in [1.82, 2.24) is 9.80 Å². The first-order chi connectivity index (χ1) is 13.3. The highest BCUT2D eigenvalue weighted by Crippen LogP contribution is 2.23. The van der Waals surface area contributed by atoms with Gasteiger partial charge in [-0.15, -0.1) is 0 Å². The van der Waals surface area contributed by atoms with Crippen LogP contribution in [0.15, 0.2) is 42.5 Å². The summed E-state index contributed by atoms with van der Waals surface area (Å²) < 4.78 is 18.8. The van der Waals surface area contributed by atoms with E-state index < -0.39 is 0 Å². The zero-order chi connectivity index (χ0) is 20.3. The molecule has 1 saturated heterocycles. The lowest BCUT2D eigenvalue weighted by atomic mass is 10.1. The Kier molecular flexibility index (Phi) is 6.57. The van der Waals surface area contributed by atoms with E-state index in [1.807, 2.05) is 30.0 Å². The van der Waals surface area contributed by atoms with E-state index in [0.29, 0.717) is 17.3 Å². The van der Waals surface area contributed by atoms with Crippen LogP contribution in [0.5, 0.6) is 5.75 Å². The third-order valence-corrected chi connectivity index (χ3v) is 5.46. The molecule has 28 heavy (non-hydrogen) atoms. The first-order valence-electron chi connectivity index (χ1n) is 9.50. The molecule has 3 rings (SSSR count). The molecule has 1 amide bonds. The number of carbonyl (C=O) groups is 1. The fourth-order valence-corrected chi connectivity index (χ4v) is 3.81. The molecule has 1 fully saturated rings. The molecule has 0 aromatic heterocycles. The molecule has 1 aliphatic heterocycles. The van der Waals surface area contributed by atoms with Crippen molar-refractivity contribution < 1.29 is 13.9 Å². The molecule has 0 radical (unpaired) electrons. The molecule has 1 heterocycles. The summed E-state index contributed by atoms with van der Waals surface area (Å²) in [6.45, 7) is 8.24. The summed E-state index contributed by atoms with van der Waals surface area (Å²) in [6.07, 6.45) is 0. The van der Waals surface area contributed by atoms with Crippen LogP contribution in [-0.2, 0) is 11.3 Å². The van der Waals surface area contributed by atoms with Gasteiger partial charge in [-0.25, -0.2) is 4.39 Å². The van der Waals surface area contributed by atoms with Gasteiger partial charge >= 0.3 is 0 Å². The quantitative estimate of drug-likeness (QED) is 0.745. The maximum Gasteiger partial charge on any atom is 0.260 e. The van der Waals surface area contributed by atoms with Crippen LogP contribution in [0.25, 0.3) is 0 Å². The Morgan fingerprint density at radius 3 is 2.54 bits per heavy atom. The van der Waals surface area contributed by atoms with Gasteiger partial charge in [0.25, 0.3) is 5.91 Å². The Labute approximate surface area is 170 Å². The molecule has 2 aromatic carbocycles. The van der Waals surface area contributed by atoms with Crippen molar-refractivity contribution in [3.8, 4) is 5.75 Å². The summed E-state index contributed by atoms with van der Waals surface area (Å²) in [5, 5.41) is 0.649. The largest absolute Gasteiger partial charge is 0.483 e. The number of aryl methyl sites for hydroxylation is 1. The summed E-state index contributed by atoms with van der Waals surface area (Å²) in [6, 6.07) is 12.3. The predicted octanol–water partition coefficient (Wildman–Crippen LogP) is 4.29. The minimum absolute atomic E-state index is 0.0114. The van der Waals surface area contributed by atoms with Crippen LogP contribution in [0.1, 0.15) is 25.0 Å². The topological polar surface area (TPSA) is 32.8 Å². The van der Waals surface area contributed by atoms with Gasteiger partial charge in [0.2, 0.25) is 0 Å². The van der Waals surface area contributed by atoms with E-state index in [9.17, 15) is 9.18 Å². The van der Waals surface area contributed by atoms with Gasteiger partial charge in [-0.1, -0.05) is 23.7 Å². The van der Waals surface area contributed by atoms with Crippen LogP contribution in [-0.4, -0.2) is 47.5 Å². The molecule has 2 unspecified atom stereocenters. The van der Waals surface area contributed by atoms with Gasteiger partial charge < -0.3 is 9.64 Å². The Balaban J connectivity index is 1.57. The number of rotatable bonds is 5. The summed E-state index contributed by atoms with van der Waals surface area (Å²) in [7, 11) is 0. The minimum Gasteiger partial charge on any atom is -0.483 e. The standard InChI is InChI=1S/C22H26ClFN2O2/c1-15-10-19(23)6-9-21(15)28-14-22(27)26-12-16(2)25(11-17(26)3)13-18-4-7-20(24)8-5-18/h4-10,16-17H,11-14H2,1-3H3. The van der Waals surface area contributed by atoms with Crippen molar-refractivity contribution in [2.45, 2.75) is 39.4 Å². The number of hydrogen-bond acceptors (Lipinski definition) is 3. The second-order valence-electron chi connectivity index (χ2n) is 7.50. The first-order valence-corrected chi connectivity index (χ1v) is 9.88. The van der Waals surface area contributed by atoms with Gasteiger partial charge in [0.15, 0.2) is 6.61 Å². The van der Waals surface area contributed by atoms with Gasteiger partial charge in [0, 0.05) is 36.7 Å². The molecule has 2 atom stereocenters. The molecule has 2 aromatic rings. The molecule has 150 valence electrons. The monoisotopic (exact) mass is 404 g/mol. The van der Waals surface area contributed by atoms with Crippen molar-refractivity contribution >= 4 is 17.5 Å². The lowest BCUT2D eigenvalue weighted by molar-refractivity contribution is -0.139. The van der Waals surface area contributed by atoms with E-state index in [4.69, 9.17) is 16.3 Å². The lowest BCUT2D eigenvalue weighted by Crippen LogP contribution is -2.58. The molecule has 4 nitrogen and oxygen atoms in total. The average molecular weight is 405 g/mol. The number of amides is 1.